The largest absolute Gasteiger partial charge is 0.385 e. The monoisotopic (exact) mass is 436 g/mol. The molecule has 0 bridgehead atoms. The van der Waals surface area contributed by atoms with E-state index in [1.54, 1.807) is 13.2 Å². The van der Waals surface area contributed by atoms with Crippen LogP contribution >= 0.6 is 23.4 Å². The van der Waals surface area contributed by atoms with Crippen LogP contribution in [0.4, 0.5) is 5.82 Å². The van der Waals surface area contributed by atoms with Crippen molar-refractivity contribution in [1.82, 2.24) is 15.3 Å². The fourth-order valence-electron chi connectivity index (χ4n) is 2.88. The van der Waals surface area contributed by atoms with Crippen LogP contribution in [0.5, 0.6) is 0 Å². The summed E-state index contributed by atoms with van der Waals surface area (Å²) in [5.74, 6) is 1.38. The van der Waals surface area contributed by atoms with Gasteiger partial charge in [0.2, 0.25) is 0 Å². The van der Waals surface area contributed by atoms with Crippen molar-refractivity contribution < 1.29 is 14.3 Å². The molecule has 1 aliphatic rings. The molecule has 2 heterocycles. The van der Waals surface area contributed by atoms with E-state index in [0.717, 1.165) is 30.9 Å². The number of hydrogen-bond donors (Lipinski definition) is 1. The Hall–Kier alpha value is -1.87. The number of halogens is 1. The average molecular weight is 437 g/mol. The predicted molar refractivity (Wildman–Crippen MR) is 115 cm³/mol. The van der Waals surface area contributed by atoms with Gasteiger partial charge in [0.1, 0.15) is 11.0 Å². The summed E-state index contributed by atoms with van der Waals surface area (Å²) >= 11 is 7.70. The zero-order chi connectivity index (χ0) is 20.5. The molecule has 0 aliphatic carbocycles. The first-order valence-corrected chi connectivity index (χ1v) is 10.9. The molecular formula is C20H25ClN4O3S. The molecular weight excluding hydrogens is 412 g/mol. The summed E-state index contributed by atoms with van der Waals surface area (Å²) in [6.07, 6.45) is 0.787. The van der Waals surface area contributed by atoms with Gasteiger partial charge in [0.05, 0.1) is 13.2 Å². The molecule has 7 nitrogen and oxygen atoms in total. The number of thioether (sulfide) groups is 1. The molecule has 0 saturated carbocycles. The van der Waals surface area contributed by atoms with Gasteiger partial charge in [-0.15, -0.1) is 0 Å². The van der Waals surface area contributed by atoms with E-state index >= 15 is 0 Å². The molecule has 0 radical (unpaired) electrons. The second-order valence-corrected chi connectivity index (χ2v) is 7.85. The summed E-state index contributed by atoms with van der Waals surface area (Å²) < 4.78 is 10.4. The van der Waals surface area contributed by atoms with Gasteiger partial charge in [-0.2, -0.15) is 0 Å². The minimum atomic E-state index is -0.0819. The third-order valence-corrected chi connectivity index (χ3v) is 5.48. The van der Waals surface area contributed by atoms with E-state index in [4.69, 9.17) is 21.1 Å². The molecule has 0 unspecified atom stereocenters. The summed E-state index contributed by atoms with van der Waals surface area (Å²) in [6, 6.07) is 9.36. The van der Waals surface area contributed by atoms with E-state index in [-0.39, 0.29) is 5.91 Å². The molecule has 0 atom stereocenters. The van der Waals surface area contributed by atoms with E-state index < -0.39 is 0 Å². The Morgan fingerprint density at radius 1 is 1.31 bits per heavy atom. The zero-order valence-electron chi connectivity index (χ0n) is 16.4. The Balaban J connectivity index is 1.59. The number of nitrogens with one attached hydrogen (secondary N) is 1. The molecule has 2 aromatic rings. The van der Waals surface area contributed by atoms with Crippen molar-refractivity contribution >= 4 is 35.1 Å². The van der Waals surface area contributed by atoms with Crippen LogP contribution in [0.25, 0.3) is 0 Å². The highest BCUT2D eigenvalue weighted by Gasteiger charge is 2.15. The van der Waals surface area contributed by atoms with Crippen LogP contribution in [0.3, 0.4) is 0 Å². The molecule has 1 fully saturated rings. The maximum atomic E-state index is 12.3. The first-order valence-electron chi connectivity index (χ1n) is 9.52. The molecule has 1 aromatic heterocycles. The molecule has 1 N–H and O–H groups in total. The number of aromatic nitrogens is 2. The zero-order valence-corrected chi connectivity index (χ0v) is 18.0. The quantitative estimate of drug-likeness (QED) is 0.280. The van der Waals surface area contributed by atoms with Crippen molar-refractivity contribution in [3.8, 4) is 0 Å². The first-order chi connectivity index (χ1) is 14.2. The normalized spacial score (nSPS) is 14.1. The average Bonchev–Trinajstić information content (AvgIpc) is 2.75. The van der Waals surface area contributed by atoms with E-state index in [9.17, 15) is 4.79 Å². The fraction of sp³-hybridized carbons (Fsp3) is 0.450. The third-order valence-electron chi connectivity index (χ3n) is 4.36. The minimum Gasteiger partial charge on any atom is -0.385 e. The van der Waals surface area contributed by atoms with Gasteiger partial charge in [0.15, 0.2) is 5.16 Å². The van der Waals surface area contributed by atoms with Crippen LogP contribution in [0, 0.1) is 0 Å². The summed E-state index contributed by atoms with van der Waals surface area (Å²) in [4.78, 5) is 23.4. The molecule has 3 rings (SSSR count). The van der Waals surface area contributed by atoms with Crippen LogP contribution in [0.15, 0.2) is 35.5 Å². The Morgan fingerprint density at radius 3 is 2.93 bits per heavy atom. The minimum absolute atomic E-state index is 0.0819. The summed E-state index contributed by atoms with van der Waals surface area (Å²) in [5.41, 5.74) is 1.66. The lowest BCUT2D eigenvalue weighted by atomic mass is 10.1. The Labute approximate surface area is 180 Å². The van der Waals surface area contributed by atoms with Gasteiger partial charge in [0, 0.05) is 50.7 Å². The standard InChI is InChI=1S/C20H25ClN4O3S/c1-27-9-3-6-22-19(26)16-5-2-4-15(12-16)14-29-20-23-17(21)13-18(24-20)25-7-10-28-11-8-25/h2,4-5,12-13H,3,6-11,14H2,1H3,(H,22,26). The molecule has 1 amide bonds. The number of rotatable bonds is 9. The Morgan fingerprint density at radius 2 is 2.14 bits per heavy atom. The highest BCUT2D eigenvalue weighted by Crippen LogP contribution is 2.25. The summed E-state index contributed by atoms with van der Waals surface area (Å²) in [6.45, 7) is 4.17. The number of ether oxygens (including phenoxy) is 2. The van der Waals surface area contributed by atoms with Gasteiger partial charge in [-0.05, 0) is 24.1 Å². The van der Waals surface area contributed by atoms with E-state index in [1.165, 1.54) is 11.8 Å². The van der Waals surface area contributed by atoms with Crippen molar-refractivity contribution in [1.29, 1.82) is 0 Å². The number of carbonyl (C=O) groups is 1. The number of carbonyl (C=O) groups excluding carboxylic acids is 1. The van der Waals surface area contributed by atoms with Gasteiger partial charge in [-0.1, -0.05) is 35.5 Å². The van der Waals surface area contributed by atoms with E-state index in [1.807, 2.05) is 24.3 Å². The third kappa shape index (κ3) is 6.85. The van der Waals surface area contributed by atoms with Gasteiger partial charge in [-0.25, -0.2) is 9.97 Å². The lowest BCUT2D eigenvalue weighted by molar-refractivity contribution is 0.0948. The maximum Gasteiger partial charge on any atom is 0.251 e. The highest BCUT2D eigenvalue weighted by atomic mass is 35.5. The van der Waals surface area contributed by atoms with Crippen molar-refractivity contribution in [3.05, 3.63) is 46.6 Å². The lowest BCUT2D eigenvalue weighted by Gasteiger charge is -2.27. The van der Waals surface area contributed by atoms with Gasteiger partial charge in [0.25, 0.3) is 5.91 Å². The molecule has 29 heavy (non-hydrogen) atoms. The Bertz CT molecular complexity index is 818. The molecule has 1 aromatic carbocycles. The van der Waals surface area contributed by atoms with Gasteiger partial charge in [-0.3, -0.25) is 4.79 Å². The van der Waals surface area contributed by atoms with E-state index in [0.29, 0.717) is 48.0 Å². The second kappa shape index (κ2) is 11.3. The molecule has 156 valence electrons. The second-order valence-electron chi connectivity index (χ2n) is 6.52. The number of methoxy groups -OCH3 is 1. The molecule has 1 saturated heterocycles. The van der Waals surface area contributed by atoms with Crippen molar-refractivity contribution in [3.63, 3.8) is 0 Å². The lowest BCUT2D eigenvalue weighted by Crippen LogP contribution is -2.36. The molecule has 1 aliphatic heterocycles. The van der Waals surface area contributed by atoms with E-state index in [2.05, 4.69) is 20.2 Å². The number of hydrogen-bond acceptors (Lipinski definition) is 7. The highest BCUT2D eigenvalue weighted by molar-refractivity contribution is 7.98. The van der Waals surface area contributed by atoms with Crippen LogP contribution in [0.2, 0.25) is 5.15 Å². The SMILES string of the molecule is COCCCNC(=O)c1cccc(CSc2nc(Cl)cc(N3CCOCC3)n2)c1. The van der Waals surface area contributed by atoms with Crippen LogP contribution < -0.4 is 10.2 Å². The van der Waals surface area contributed by atoms with Gasteiger partial charge < -0.3 is 19.7 Å². The van der Waals surface area contributed by atoms with Crippen molar-refractivity contribution in [2.24, 2.45) is 0 Å². The summed E-state index contributed by atoms with van der Waals surface area (Å²) in [7, 11) is 1.65. The molecule has 0 spiro atoms. The summed E-state index contributed by atoms with van der Waals surface area (Å²) in [5, 5.41) is 3.95. The topological polar surface area (TPSA) is 76.6 Å². The molecule has 9 heteroatoms. The van der Waals surface area contributed by atoms with Crippen LogP contribution in [-0.4, -0.2) is 62.4 Å². The maximum absolute atomic E-state index is 12.3. The van der Waals surface area contributed by atoms with Crippen LogP contribution in [-0.2, 0) is 15.2 Å². The first kappa shape index (κ1) is 21.8. The Kier molecular flexibility index (Phi) is 8.54. The number of morpholine rings is 1. The van der Waals surface area contributed by atoms with Crippen molar-refractivity contribution in [2.45, 2.75) is 17.3 Å². The number of benzene rings is 1. The van der Waals surface area contributed by atoms with Crippen molar-refractivity contribution in [2.75, 3.05) is 51.5 Å². The fourth-order valence-corrected chi connectivity index (χ4v) is 3.90. The van der Waals surface area contributed by atoms with Crippen LogP contribution in [0.1, 0.15) is 22.3 Å². The number of amides is 1. The predicted octanol–water partition coefficient (Wildman–Crippen LogP) is 3.03. The van der Waals surface area contributed by atoms with Gasteiger partial charge >= 0.3 is 0 Å². The smallest absolute Gasteiger partial charge is 0.251 e. The number of anilines is 1. The number of nitrogens with zero attached hydrogens (tertiary/aromatic N) is 3.